The number of phenols is 3. The van der Waals surface area contributed by atoms with Gasteiger partial charge in [-0.05, 0) is 12.1 Å². The minimum atomic E-state index is -1.42. The number of rotatable bonds is 3. The highest BCUT2D eigenvalue weighted by Gasteiger charge is 2.21. The first kappa shape index (κ1) is 13.3. The Morgan fingerprint density at radius 2 is 1.60 bits per heavy atom. The van der Waals surface area contributed by atoms with Gasteiger partial charge in [0.15, 0.2) is 11.5 Å². The van der Waals surface area contributed by atoms with Gasteiger partial charge in [-0.2, -0.15) is 5.11 Å². The van der Waals surface area contributed by atoms with Crippen molar-refractivity contribution in [1.29, 1.82) is 0 Å². The molecule has 20 heavy (non-hydrogen) atoms. The number of azo groups is 1. The van der Waals surface area contributed by atoms with Gasteiger partial charge in [-0.3, -0.25) is 0 Å². The number of phenolic OH excluding ortho intramolecular Hbond substituents is 3. The Morgan fingerprint density at radius 3 is 2.20 bits per heavy atom. The summed E-state index contributed by atoms with van der Waals surface area (Å²) in [5.41, 5.74) is -0.468. The van der Waals surface area contributed by atoms with Crippen molar-refractivity contribution in [3.8, 4) is 17.2 Å². The SMILES string of the molecule is O=C(O)c1cc(O)c(O)c(O)c1/N=N/c1ccccc1. The second-order valence-corrected chi connectivity index (χ2v) is 3.83. The fourth-order valence-corrected chi connectivity index (χ4v) is 1.50. The zero-order valence-electron chi connectivity index (χ0n) is 10.1. The second kappa shape index (κ2) is 5.27. The van der Waals surface area contributed by atoms with Crippen LogP contribution in [0.5, 0.6) is 17.2 Å². The Hall–Kier alpha value is -3.09. The molecule has 0 aromatic heterocycles. The van der Waals surface area contributed by atoms with Crippen molar-refractivity contribution in [3.05, 3.63) is 42.0 Å². The van der Waals surface area contributed by atoms with Gasteiger partial charge >= 0.3 is 5.97 Å². The van der Waals surface area contributed by atoms with E-state index < -0.39 is 34.5 Å². The number of carboxylic acid groups (broad SMARTS) is 1. The van der Waals surface area contributed by atoms with Crippen LogP contribution in [0.4, 0.5) is 11.4 Å². The van der Waals surface area contributed by atoms with Crippen LogP contribution >= 0.6 is 0 Å². The lowest BCUT2D eigenvalue weighted by Gasteiger charge is -2.06. The summed E-state index contributed by atoms with van der Waals surface area (Å²) in [5, 5.41) is 44.7. The molecule has 7 heteroatoms. The average Bonchev–Trinajstić information content (AvgIpc) is 2.44. The van der Waals surface area contributed by atoms with Gasteiger partial charge in [-0.25, -0.2) is 4.79 Å². The van der Waals surface area contributed by atoms with Gasteiger partial charge in [-0.1, -0.05) is 18.2 Å². The van der Waals surface area contributed by atoms with Gasteiger partial charge in [0.25, 0.3) is 0 Å². The number of aromatic carboxylic acids is 1. The maximum absolute atomic E-state index is 11.0. The van der Waals surface area contributed by atoms with Crippen LogP contribution in [0.15, 0.2) is 46.6 Å². The van der Waals surface area contributed by atoms with E-state index in [1.54, 1.807) is 30.3 Å². The number of nitrogens with zero attached hydrogens (tertiary/aromatic N) is 2. The molecule has 102 valence electrons. The van der Waals surface area contributed by atoms with E-state index in [-0.39, 0.29) is 0 Å². The van der Waals surface area contributed by atoms with Gasteiger partial charge in [-0.15, -0.1) is 5.11 Å². The third-order valence-electron chi connectivity index (χ3n) is 2.48. The Morgan fingerprint density at radius 1 is 0.950 bits per heavy atom. The summed E-state index contributed by atoms with van der Waals surface area (Å²) in [5.74, 6) is -3.87. The van der Waals surface area contributed by atoms with Gasteiger partial charge in [0.2, 0.25) is 5.75 Å². The van der Waals surface area contributed by atoms with Gasteiger partial charge in [0.1, 0.15) is 5.69 Å². The maximum Gasteiger partial charge on any atom is 0.338 e. The Kier molecular flexibility index (Phi) is 3.52. The molecule has 0 bridgehead atoms. The van der Waals surface area contributed by atoms with Crippen molar-refractivity contribution in [2.75, 3.05) is 0 Å². The van der Waals surface area contributed by atoms with Crippen LogP contribution in [-0.4, -0.2) is 26.4 Å². The predicted octanol–water partition coefficient (Wildman–Crippen LogP) is 2.92. The summed E-state index contributed by atoms with van der Waals surface area (Å²) in [6, 6.07) is 9.23. The zero-order valence-corrected chi connectivity index (χ0v) is 10.1. The number of benzene rings is 2. The van der Waals surface area contributed by atoms with Crippen molar-refractivity contribution in [1.82, 2.24) is 0 Å². The third-order valence-corrected chi connectivity index (χ3v) is 2.48. The van der Waals surface area contributed by atoms with E-state index in [9.17, 15) is 20.1 Å². The van der Waals surface area contributed by atoms with Crippen molar-refractivity contribution in [3.63, 3.8) is 0 Å². The van der Waals surface area contributed by atoms with E-state index >= 15 is 0 Å². The highest BCUT2D eigenvalue weighted by Crippen LogP contribution is 2.45. The molecule has 4 N–H and O–H groups in total. The van der Waals surface area contributed by atoms with E-state index in [1.807, 2.05) is 0 Å². The molecule has 0 spiro atoms. The molecule has 0 aliphatic carbocycles. The average molecular weight is 274 g/mol. The molecule has 0 saturated carbocycles. The number of hydrogen-bond acceptors (Lipinski definition) is 6. The molecular weight excluding hydrogens is 264 g/mol. The van der Waals surface area contributed by atoms with Crippen LogP contribution in [0, 0.1) is 0 Å². The molecular formula is C13H10N2O5. The Balaban J connectivity index is 2.53. The summed E-state index contributed by atoms with van der Waals surface area (Å²) in [7, 11) is 0. The lowest BCUT2D eigenvalue weighted by Crippen LogP contribution is -1.96. The van der Waals surface area contributed by atoms with Crippen molar-refractivity contribution < 1.29 is 25.2 Å². The fourth-order valence-electron chi connectivity index (χ4n) is 1.50. The minimum Gasteiger partial charge on any atom is -0.504 e. The quantitative estimate of drug-likeness (QED) is 0.506. The number of carboxylic acids is 1. The molecule has 0 saturated heterocycles. The molecule has 0 amide bonds. The molecule has 0 atom stereocenters. The standard InChI is InChI=1S/C13H10N2O5/c16-9-6-8(13(19)20)10(12(18)11(9)17)15-14-7-4-2-1-3-5-7/h1-6,16-18H,(H,19,20)/b15-14+. The van der Waals surface area contributed by atoms with E-state index in [0.717, 1.165) is 6.07 Å². The normalized spacial score (nSPS) is 10.8. The van der Waals surface area contributed by atoms with Crippen LogP contribution in [0.3, 0.4) is 0 Å². The van der Waals surface area contributed by atoms with Crippen molar-refractivity contribution in [2.24, 2.45) is 10.2 Å². The van der Waals surface area contributed by atoms with Crippen LogP contribution in [0.25, 0.3) is 0 Å². The smallest absolute Gasteiger partial charge is 0.338 e. The highest BCUT2D eigenvalue weighted by molar-refractivity contribution is 5.96. The molecule has 2 aromatic carbocycles. The Bertz CT molecular complexity index is 683. The van der Waals surface area contributed by atoms with Gasteiger partial charge in [0, 0.05) is 6.07 Å². The van der Waals surface area contributed by atoms with Crippen LogP contribution in [0.1, 0.15) is 10.4 Å². The molecule has 0 fully saturated rings. The topological polar surface area (TPSA) is 123 Å². The molecule has 0 radical (unpaired) electrons. The number of carbonyl (C=O) groups is 1. The summed E-state index contributed by atoms with van der Waals surface area (Å²) in [4.78, 5) is 11.0. The van der Waals surface area contributed by atoms with Crippen LogP contribution < -0.4 is 0 Å². The van der Waals surface area contributed by atoms with E-state index in [1.165, 1.54) is 0 Å². The molecule has 0 heterocycles. The molecule has 0 aliphatic heterocycles. The second-order valence-electron chi connectivity index (χ2n) is 3.83. The van der Waals surface area contributed by atoms with Gasteiger partial charge in [0.05, 0.1) is 11.3 Å². The summed E-state index contributed by atoms with van der Waals surface area (Å²) in [6.07, 6.45) is 0. The first-order valence-electron chi connectivity index (χ1n) is 5.48. The molecule has 0 aliphatic rings. The number of aromatic hydroxyl groups is 3. The molecule has 2 rings (SSSR count). The molecule has 2 aromatic rings. The third kappa shape index (κ3) is 2.51. The molecule has 0 unspecified atom stereocenters. The van der Waals surface area contributed by atoms with Crippen LogP contribution in [0.2, 0.25) is 0 Å². The zero-order chi connectivity index (χ0) is 14.7. The molecule has 7 nitrogen and oxygen atoms in total. The maximum atomic E-state index is 11.0. The lowest BCUT2D eigenvalue weighted by atomic mass is 10.1. The lowest BCUT2D eigenvalue weighted by molar-refractivity contribution is 0.0697. The largest absolute Gasteiger partial charge is 0.504 e. The van der Waals surface area contributed by atoms with Gasteiger partial charge < -0.3 is 20.4 Å². The minimum absolute atomic E-state index is 0.434. The summed E-state index contributed by atoms with van der Waals surface area (Å²) < 4.78 is 0. The highest BCUT2D eigenvalue weighted by atomic mass is 16.4. The Labute approximate surface area is 113 Å². The van der Waals surface area contributed by atoms with Crippen LogP contribution in [-0.2, 0) is 0 Å². The monoisotopic (exact) mass is 274 g/mol. The van der Waals surface area contributed by atoms with Crippen molar-refractivity contribution >= 4 is 17.3 Å². The van der Waals surface area contributed by atoms with E-state index in [0.29, 0.717) is 5.69 Å². The van der Waals surface area contributed by atoms with E-state index in [2.05, 4.69) is 10.2 Å². The fraction of sp³-hybridized carbons (Fsp3) is 0. The summed E-state index contributed by atoms with van der Waals surface area (Å²) in [6.45, 7) is 0. The predicted molar refractivity (Wildman–Crippen MR) is 69.0 cm³/mol. The number of hydrogen-bond donors (Lipinski definition) is 4. The van der Waals surface area contributed by atoms with E-state index in [4.69, 9.17) is 5.11 Å². The summed E-state index contributed by atoms with van der Waals surface area (Å²) >= 11 is 0. The first-order chi connectivity index (χ1) is 9.50. The first-order valence-corrected chi connectivity index (χ1v) is 5.48. The van der Waals surface area contributed by atoms with Crippen molar-refractivity contribution in [2.45, 2.75) is 0 Å².